The van der Waals surface area contributed by atoms with Crippen molar-refractivity contribution in [3.8, 4) is 5.75 Å². The molecule has 1 fully saturated rings. The van der Waals surface area contributed by atoms with E-state index in [1.54, 1.807) is 0 Å². The first kappa shape index (κ1) is 33.4. The maximum atomic E-state index is 10.3. The van der Waals surface area contributed by atoms with E-state index >= 15 is 0 Å². The van der Waals surface area contributed by atoms with Crippen LogP contribution in [-0.2, 0) is 21.4 Å². The topological polar surface area (TPSA) is 200 Å². The second-order valence-electron chi connectivity index (χ2n) is 10.7. The maximum Gasteiger partial charge on any atom is 0.332 e. The average molecular weight is 573 g/mol. The summed E-state index contributed by atoms with van der Waals surface area (Å²) in [6, 6.07) is 6.60. The number of benzene rings is 1. The summed E-state index contributed by atoms with van der Waals surface area (Å²) in [5.41, 5.74) is 4.69. The van der Waals surface area contributed by atoms with E-state index in [2.05, 4.69) is 70.6 Å². The van der Waals surface area contributed by atoms with Gasteiger partial charge in [0.2, 0.25) is 0 Å². The number of carboxylic acid groups (broad SMARTS) is 2. The zero-order chi connectivity index (χ0) is 30.7. The van der Waals surface area contributed by atoms with Crippen LogP contribution in [0.2, 0.25) is 0 Å². The minimum Gasteiger partial charge on any atom is -0.508 e. The van der Waals surface area contributed by atoms with Crippen LogP contribution >= 0.6 is 0 Å². The zero-order valence-corrected chi connectivity index (χ0v) is 24.0. The number of phenols is 1. The number of rotatable bonds is 6. The molecule has 0 spiro atoms. The molecule has 13 heteroatoms. The van der Waals surface area contributed by atoms with Gasteiger partial charge in [-0.2, -0.15) is 0 Å². The number of hydrogen-bond donors (Lipinski definition) is 5. The molecule has 5 atom stereocenters. The fourth-order valence-electron chi connectivity index (χ4n) is 4.92. The van der Waals surface area contributed by atoms with Gasteiger partial charge in [-0.25, -0.2) is 9.59 Å². The molecule has 224 valence electrons. The van der Waals surface area contributed by atoms with Gasteiger partial charge in [-0.1, -0.05) is 31.6 Å². The number of aromatic hydroxyl groups is 1. The van der Waals surface area contributed by atoms with E-state index in [-0.39, 0.29) is 17.5 Å². The summed E-state index contributed by atoms with van der Waals surface area (Å²) in [5.74, 6) is -1.46. The molecule has 1 aromatic carbocycles. The standard InChI is InChI=1S/C19H27NO.C6H7N5O3.C3H6O3/c1-13(2)7-9-20-10-8-19(4)14(3)18(20)11-15-5-6-16(21)12-17(15)19;12-5(6(13)14)3-4-1-2-7-9-11-10-8-4;1-2(4)3(5)6/h5-7,12,14,18,21H,8-11H2,1-4H3;1-2,5,12H,3H2,(H,13,14);2,4H,1H3,(H,5,6). The smallest absolute Gasteiger partial charge is 0.332 e. The minimum absolute atomic E-state index is 0.152. The van der Waals surface area contributed by atoms with Crippen molar-refractivity contribution in [3.05, 3.63) is 53.3 Å². The number of hydrogen-bond acceptors (Lipinski definition) is 11. The Bertz CT molecular complexity index is 1220. The number of aliphatic carboxylic acids is 2. The monoisotopic (exact) mass is 572 g/mol. The molecule has 0 amide bonds. The van der Waals surface area contributed by atoms with E-state index < -0.39 is 24.1 Å². The van der Waals surface area contributed by atoms with E-state index in [0.29, 0.717) is 17.7 Å². The Morgan fingerprint density at radius 1 is 1.15 bits per heavy atom. The van der Waals surface area contributed by atoms with Gasteiger partial charge in [-0.15, -0.1) is 10.2 Å². The molecule has 3 aliphatic rings. The van der Waals surface area contributed by atoms with Crippen LogP contribution in [0, 0.1) is 5.92 Å². The van der Waals surface area contributed by atoms with E-state index in [9.17, 15) is 14.7 Å². The molecule has 5 unspecified atom stereocenters. The predicted molar refractivity (Wildman–Crippen MR) is 152 cm³/mol. The Morgan fingerprint density at radius 3 is 2.44 bits per heavy atom. The highest BCUT2D eigenvalue weighted by molar-refractivity contribution is 5.97. The summed E-state index contributed by atoms with van der Waals surface area (Å²) in [4.78, 5) is 22.4. The maximum absolute atomic E-state index is 10.3. The van der Waals surface area contributed by atoms with Crippen LogP contribution in [-0.4, -0.2) is 79.4 Å². The van der Waals surface area contributed by atoms with Crippen LogP contribution in [0.1, 0.15) is 58.6 Å². The second-order valence-corrected chi connectivity index (χ2v) is 10.7. The van der Waals surface area contributed by atoms with Crippen LogP contribution in [0.5, 0.6) is 5.75 Å². The molecular weight excluding hydrogens is 532 g/mol. The van der Waals surface area contributed by atoms with Crippen molar-refractivity contribution in [2.75, 3.05) is 13.1 Å². The molecule has 0 aromatic heterocycles. The molecule has 2 bridgehead atoms. The molecule has 1 saturated heterocycles. The summed E-state index contributed by atoms with van der Waals surface area (Å²) in [6.45, 7) is 12.6. The van der Waals surface area contributed by atoms with Crippen LogP contribution in [0.15, 0.2) is 68.0 Å². The minimum atomic E-state index is -1.51. The number of piperidine rings is 1. The molecule has 41 heavy (non-hydrogen) atoms. The van der Waals surface area contributed by atoms with E-state index in [1.165, 1.54) is 42.3 Å². The van der Waals surface area contributed by atoms with Crippen LogP contribution in [0.3, 0.4) is 0 Å². The summed E-state index contributed by atoms with van der Waals surface area (Å²) >= 11 is 0. The van der Waals surface area contributed by atoms with Crippen LogP contribution in [0.4, 0.5) is 0 Å². The molecule has 2 aliphatic heterocycles. The average Bonchev–Trinajstić information content (AvgIpc) is 2.88. The Morgan fingerprint density at radius 2 is 1.83 bits per heavy atom. The van der Waals surface area contributed by atoms with Gasteiger partial charge in [0.25, 0.3) is 0 Å². The molecule has 1 aromatic rings. The van der Waals surface area contributed by atoms with Gasteiger partial charge in [0.05, 0.1) is 11.9 Å². The molecule has 2 heterocycles. The van der Waals surface area contributed by atoms with Gasteiger partial charge < -0.3 is 25.5 Å². The fraction of sp³-hybridized carbons (Fsp3) is 0.536. The van der Waals surface area contributed by atoms with Gasteiger partial charge in [-0.3, -0.25) is 4.90 Å². The SMILES string of the molecule is CC(C)=CCN1CCC2(C)c3cc(O)ccc3CC1C2C.CC(O)C(=O)O.O=C(O)C(O)CC1=NN=NN=NC=C1. The molecule has 1 aliphatic carbocycles. The Kier molecular flexibility index (Phi) is 12.4. The Balaban J connectivity index is 0.000000254. The number of phenolic OH excluding ortho intramolecular Hbond substituents is 1. The highest BCUT2D eigenvalue weighted by atomic mass is 16.4. The Hall–Kier alpha value is -3.81. The zero-order valence-electron chi connectivity index (χ0n) is 24.0. The van der Waals surface area contributed by atoms with Crippen LogP contribution in [0.25, 0.3) is 0 Å². The third-order valence-electron chi connectivity index (χ3n) is 7.52. The number of aliphatic hydroxyl groups is 2. The number of carboxylic acids is 2. The summed E-state index contributed by atoms with van der Waals surface area (Å²) < 4.78 is 0. The van der Waals surface area contributed by atoms with E-state index in [1.807, 2.05) is 12.1 Å². The highest BCUT2D eigenvalue weighted by Gasteiger charge is 2.48. The predicted octanol–water partition coefficient (Wildman–Crippen LogP) is 3.86. The molecule has 0 saturated carbocycles. The molecular formula is C28H40N6O7. The van der Waals surface area contributed by atoms with Crippen LogP contribution < -0.4 is 0 Å². The number of allylic oxidation sites excluding steroid dienone is 2. The third-order valence-corrected chi connectivity index (χ3v) is 7.52. The van der Waals surface area contributed by atoms with Crippen molar-refractivity contribution >= 4 is 17.7 Å². The van der Waals surface area contributed by atoms with Gasteiger partial charge in [0.1, 0.15) is 11.9 Å². The summed E-state index contributed by atoms with van der Waals surface area (Å²) in [7, 11) is 0. The number of aliphatic hydroxyl groups excluding tert-OH is 2. The van der Waals surface area contributed by atoms with Crippen molar-refractivity contribution in [2.45, 2.75) is 77.5 Å². The lowest BCUT2D eigenvalue weighted by molar-refractivity contribution is -0.146. The first-order valence-electron chi connectivity index (χ1n) is 13.3. The largest absolute Gasteiger partial charge is 0.508 e. The third kappa shape index (κ3) is 9.66. The van der Waals surface area contributed by atoms with Crippen molar-refractivity contribution in [3.63, 3.8) is 0 Å². The summed E-state index contributed by atoms with van der Waals surface area (Å²) in [6.07, 6.45) is 4.43. The van der Waals surface area contributed by atoms with Gasteiger partial charge in [0, 0.05) is 19.0 Å². The lowest BCUT2D eigenvalue weighted by Crippen LogP contribution is -2.57. The number of nitrogens with zero attached hydrogens (tertiary/aromatic N) is 6. The lowest BCUT2D eigenvalue weighted by atomic mass is 9.59. The first-order chi connectivity index (χ1) is 19.3. The highest BCUT2D eigenvalue weighted by Crippen LogP contribution is 2.49. The van der Waals surface area contributed by atoms with Gasteiger partial charge >= 0.3 is 11.9 Å². The van der Waals surface area contributed by atoms with E-state index in [0.717, 1.165) is 19.5 Å². The molecule has 4 rings (SSSR count). The summed E-state index contributed by atoms with van der Waals surface area (Å²) in [5, 5.41) is 59.5. The van der Waals surface area contributed by atoms with Gasteiger partial charge in [0.15, 0.2) is 6.10 Å². The molecule has 5 N–H and O–H groups in total. The lowest BCUT2D eigenvalue weighted by Gasteiger charge is -2.54. The number of likely N-dealkylation sites (tertiary alicyclic amines) is 1. The van der Waals surface area contributed by atoms with Crippen molar-refractivity contribution in [1.82, 2.24) is 4.90 Å². The normalized spacial score (nSPS) is 24.0. The van der Waals surface area contributed by atoms with Crippen molar-refractivity contribution in [2.24, 2.45) is 31.8 Å². The Labute approximate surface area is 239 Å². The fourth-order valence-corrected chi connectivity index (χ4v) is 4.92. The molecule has 13 nitrogen and oxygen atoms in total. The van der Waals surface area contributed by atoms with E-state index in [4.69, 9.17) is 20.4 Å². The quantitative estimate of drug-likeness (QED) is 0.316. The number of carbonyl (C=O) groups is 2. The van der Waals surface area contributed by atoms with Gasteiger partial charge in [-0.05, 0) is 96.5 Å². The second kappa shape index (κ2) is 15.3. The number of fused-ring (bicyclic) bond motifs is 4. The van der Waals surface area contributed by atoms with Crippen molar-refractivity contribution in [1.29, 1.82) is 0 Å². The molecule has 0 radical (unpaired) electrons. The van der Waals surface area contributed by atoms with Crippen molar-refractivity contribution < 1.29 is 35.1 Å². The first-order valence-corrected chi connectivity index (χ1v) is 13.3.